The van der Waals surface area contributed by atoms with Crippen LogP contribution in [-0.4, -0.2) is 48.0 Å². The Hall–Kier alpha value is -2.28. The SMILES string of the molecule is CN(C)C(=O)c1ccc(CN(C)[C@@H](c2ccccc2)C(F)(F)F)[nH]1. The van der Waals surface area contributed by atoms with E-state index in [2.05, 4.69) is 4.98 Å². The molecule has 1 aromatic heterocycles. The zero-order valence-corrected chi connectivity index (χ0v) is 13.8. The molecule has 0 fully saturated rings. The van der Waals surface area contributed by atoms with E-state index in [1.165, 1.54) is 29.0 Å². The maximum Gasteiger partial charge on any atom is 0.408 e. The number of benzene rings is 1. The number of aromatic amines is 1. The van der Waals surface area contributed by atoms with Crippen molar-refractivity contribution in [3.8, 4) is 0 Å². The summed E-state index contributed by atoms with van der Waals surface area (Å²) in [6, 6.07) is 9.28. The van der Waals surface area contributed by atoms with Gasteiger partial charge in [0.2, 0.25) is 0 Å². The van der Waals surface area contributed by atoms with Crippen molar-refractivity contribution in [1.82, 2.24) is 14.8 Å². The van der Waals surface area contributed by atoms with E-state index in [0.717, 1.165) is 0 Å². The van der Waals surface area contributed by atoms with Gasteiger partial charge in [-0.15, -0.1) is 0 Å². The van der Waals surface area contributed by atoms with Crippen LogP contribution >= 0.6 is 0 Å². The molecule has 0 unspecified atom stereocenters. The highest BCUT2D eigenvalue weighted by Gasteiger charge is 2.43. The fourth-order valence-corrected chi connectivity index (χ4v) is 2.59. The lowest BCUT2D eigenvalue weighted by molar-refractivity contribution is -0.184. The first-order valence-electron chi connectivity index (χ1n) is 7.41. The molecular weight excluding hydrogens is 319 g/mol. The Kier molecular flexibility index (Phi) is 5.33. The number of hydrogen-bond acceptors (Lipinski definition) is 2. The van der Waals surface area contributed by atoms with Crippen LogP contribution in [-0.2, 0) is 6.54 Å². The molecule has 0 saturated carbocycles. The normalized spacial score (nSPS) is 13.1. The number of H-pyrrole nitrogens is 1. The number of hydrogen-bond donors (Lipinski definition) is 1. The first-order valence-corrected chi connectivity index (χ1v) is 7.41. The number of aromatic nitrogens is 1. The smallest absolute Gasteiger partial charge is 0.353 e. The van der Waals surface area contributed by atoms with Gasteiger partial charge in [0.15, 0.2) is 0 Å². The number of nitrogens with one attached hydrogen (secondary N) is 1. The van der Waals surface area contributed by atoms with Crippen LogP contribution in [0.1, 0.15) is 27.8 Å². The molecule has 24 heavy (non-hydrogen) atoms. The van der Waals surface area contributed by atoms with E-state index in [1.54, 1.807) is 44.4 Å². The molecule has 0 saturated heterocycles. The van der Waals surface area contributed by atoms with Crippen molar-refractivity contribution in [2.75, 3.05) is 21.1 Å². The van der Waals surface area contributed by atoms with Crippen molar-refractivity contribution in [2.45, 2.75) is 18.8 Å². The summed E-state index contributed by atoms with van der Waals surface area (Å²) in [4.78, 5) is 17.4. The van der Waals surface area contributed by atoms with Crippen LogP contribution in [0.25, 0.3) is 0 Å². The zero-order chi connectivity index (χ0) is 17.9. The van der Waals surface area contributed by atoms with Crippen LogP contribution in [0.5, 0.6) is 0 Å². The fraction of sp³-hybridized carbons (Fsp3) is 0.353. The Balaban J connectivity index is 2.20. The molecule has 0 aliphatic carbocycles. The van der Waals surface area contributed by atoms with Gasteiger partial charge >= 0.3 is 6.18 Å². The maximum absolute atomic E-state index is 13.5. The summed E-state index contributed by atoms with van der Waals surface area (Å²) < 4.78 is 40.5. The predicted molar refractivity (Wildman–Crippen MR) is 85.5 cm³/mol. The van der Waals surface area contributed by atoms with E-state index < -0.39 is 12.2 Å². The van der Waals surface area contributed by atoms with Crippen LogP contribution in [0.4, 0.5) is 13.2 Å². The van der Waals surface area contributed by atoms with Gasteiger partial charge in [0, 0.05) is 26.3 Å². The van der Waals surface area contributed by atoms with Crippen molar-refractivity contribution in [3.05, 3.63) is 59.4 Å². The number of carbonyl (C=O) groups excluding carboxylic acids is 1. The minimum absolute atomic E-state index is 0.0414. The quantitative estimate of drug-likeness (QED) is 0.906. The van der Waals surface area contributed by atoms with Crippen molar-refractivity contribution in [3.63, 3.8) is 0 Å². The van der Waals surface area contributed by atoms with Crippen LogP contribution in [0, 0.1) is 0 Å². The lowest BCUT2D eigenvalue weighted by Crippen LogP contribution is -2.35. The van der Waals surface area contributed by atoms with E-state index >= 15 is 0 Å². The Morgan fingerprint density at radius 1 is 1.08 bits per heavy atom. The molecule has 0 aliphatic heterocycles. The third-order valence-electron chi connectivity index (χ3n) is 3.67. The molecule has 4 nitrogen and oxygen atoms in total. The highest BCUT2D eigenvalue weighted by molar-refractivity contribution is 5.92. The first-order chi connectivity index (χ1) is 11.2. The molecule has 1 atom stereocenters. The standard InChI is InChI=1S/C17H20F3N3O/c1-22(2)16(24)14-10-9-13(21-14)11-23(3)15(17(18,19)20)12-7-5-4-6-8-12/h4-10,15,21H,11H2,1-3H3/t15-/m0/s1. The van der Waals surface area contributed by atoms with Crippen LogP contribution in [0.15, 0.2) is 42.5 Å². The molecule has 1 aromatic carbocycles. The third-order valence-corrected chi connectivity index (χ3v) is 3.67. The number of halogens is 3. The molecular formula is C17H20F3N3O. The average molecular weight is 339 g/mol. The van der Waals surface area contributed by atoms with Crippen LogP contribution in [0.3, 0.4) is 0 Å². The van der Waals surface area contributed by atoms with Gasteiger partial charge in [-0.2, -0.15) is 13.2 Å². The molecule has 0 aliphatic rings. The van der Waals surface area contributed by atoms with Gasteiger partial charge in [-0.05, 0) is 24.7 Å². The van der Waals surface area contributed by atoms with Gasteiger partial charge in [0.25, 0.3) is 5.91 Å². The monoisotopic (exact) mass is 339 g/mol. The second-order valence-electron chi connectivity index (χ2n) is 5.87. The Bertz CT molecular complexity index is 680. The zero-order valence-electron chi connectivity index (χ0n) is 13.8. The number of nitrogens with zero attached hydrogens (tertiary/aromatic N) is 2. The lowest BCUT2D eigenvalue weighted by atomic mass is 10.1. The molecule has 130 valence electrons. The molecule has 7 heteroatoms. The van der Waals surface area contributed by atoms with Gasteiger partial charge in [-0.1, -0.05) is 30.3 Å². The molecule has 0 spiro atoms. The topological polar surface area (TPSA) is 39.3 Å². The summed E-state index contributed by atoms with van der Waals surface area (Å²) in [7, 11) is 4.65. The molecule has 1 amide bonds. The second-order valence-corrected chi connectivity index (χ2v) is 5.87. The van der Waals surface area contributed by atoms with Crippen molar-refractivity contribution in [1.29, 1.82) is 0 Å². The minimum Gasteiger partial charge on any atom is -0.353 e. The summed E-state index contributed by atoms with van der Waals surface area (Å²) in [5.74, 6) is -0.223. The predicted octanol–water partition coefficient (Wildman–Crippen LogP) is 3.45. The summed E-state index contributed by atoms with van der Waals surface area (Å²) in [6.07, 6.45) is -4.40. The minimum atomic E-state index is -4.40. The molecule has 0 bridgehead atoms. The summed E-state index contributed by atoms with van der Waals surface area (Å²) in [5, 5.41) is 0. The second kappa shape index (κ2) is 7.09. The average Bonchev–Trinajstić information content (AvgIpc) is 2.94. The molecule has 2 aromatic rings. The Morgan fingerprint density at radius 3 is 2.25 bits per heavy atom. The van der Waals surface area contributed by atoms with Gasteiger partial charge in [-0.25, -0.2) is 0 Å². The van der Waals surface area contributed by atoms with Crippen molar-refractivity contribution < 1.29 is 18.0 Å². The van der Waals surface area contributed by atoms with Gasteiger partial charge in [-0.3, -0.25) is 9.69 Å². The first kappa shape index (κ1) is 18.1. The van der Waals surface area contributed by atoms with Crippen molar-refractivity contribution in [2.24, 2.45) is 0 Å². The van der Waals surface area contributed by atoms with E-state index in [-0.39, 0.29) is 18.0 Å². The molecule has 1 N–H and O–H groups in total. The van der Waals surface area contributed by atoms with E-state index in [1.807, 2.05) is 0 Å². The summed E-state index contributed by atoms with van der Waals surface area (Å²) in [5.41, 5.74) is 1.09. The van der Waals surface area contributed by atoms with E-state index in [4.69, 9.17) is 0 Å². The largest absolute Gasteiger partial charge is 0.408 e. The summed E-state index contributed by atoms with van der Waals surface area (Å²) in [6.45, 7) is 0.0414. The molecule has 2 rings (SSSR count). The van der Waals surface area contributed by atoms with E-state index in [9.17, 15) is 18.0 Å². The van der Waals surface area contributed by atoms with Crippen molar-refractivity contribution >= 4 is 5.91 Å². The maximum atomic E-state index is 13.5. The fourth-order valence-electron chi connectivity index (χ4n) is 2.59. The van der Waals surface area contributed by atoms with Gasteiger partial charge in [0.1, 0.15) is 11.7 Å². The number of alkyl halides is 3. The highest BCUT2D eigenvalue weighted by atomic mass is 19.4. The summed E-state index contributed by atoms with van der Waals surface area (Å²) >= 11 is 0. The number of amides is 1. The number of carbonyl (C=O) groups is 1. The molecule has 1 heterocycles. The molecule has 0 radical (unpaired) electrons. The third kappa shape index (κ3) is 4.17. The lowest BCUT2D eigenvalue weighted by Gasteiger charge is -2.30. The Morgan fingerprint density at radius 2 is 1.71 bits per heavy atom. The Labute approximate surface area is 138 Å². The van der Waals surface area contributed by atoms with Crippen LogP contribution in [0.2, 0.25) is 0 Å². The number of rotatable bonds is 5. The van der Waals surface area contributed by atoms with Gasteiger partial charge in [0.05, 0.1) is 0 Å². The van der Waals surface area contributed by atoms with Crippen LogP contribution < -0.4 is 0 Å². The van der Waals surface area contributed by atoms with E-state index in [0.29, 0.717) is 11.4 Å². The van der Waals surface area contributed by atoms with Gasteiger partial charge < -0.3 is 9.88 Å². The highest BCUT2D eigenvalue weighted by Crippen LogP contribution is 2.37.